The monoisotopic (exact) mass is 359 g/mol. The molecule has 2 aliphatic heterocycles. The lowest BCUT2D eigenvalue weighted by molar-refractivity contribution is -0.136. The summed E-state index contributed by atoms with van der Waals surface area (Å²) in [6.45, 7) is 2.90. The molecule has 1 saturated heterocycles. The molecule has 0 unspecified atom stereocenters. The van der Waals surface area contributed by atoms with E-state index in [0.717, 1.165) is 9.91 Å². The highest BCUT2D eigenvalue weighted by Crippen LogP contribution is 2.35. The first-order valence-corrected chi connectivity index (χ1v) is 7.98. The summed E-state index contributed by atoms with van der Waals surface area (Å²) in [6.07, 6.45) is 0. The molecule has 3 rings (SSSR count). The zero-order valence-corrected chi connectivity index (χ0v) is 14.5. The molecule has 0 aromatic heterocycles. The summed E-state index contributed by atoms with van der Waals surface area (Å²) in [6, 6.07) is 5.13. The van der Waals surface area contributed by atoms with Gasteiger partial charge in [0.25, 0.3) is 5.91 Å². The molecule has 26 heavy (non-hydrogen) atoms. The third-order valence-corrected chi connectivity index (χ3v) is 4.19. The largest absolute Gasteiger partial charge is 0.497 e. The molecule has 0 spiro atoms. The lowest BCUT2D eigenvalue weighted by Crippen LogP contribution is -2.41. The van der Waals surface area contributed by atoms with E-state index in [1.54, 1.807) is 31.2 Å². The fraction of sp³-hybridized carbons (Fsp3) is 0.353. The molecular formula is C17H17N3O6. The van der Waals surface area contributed by atoms with Crippen LogP contribution in [0.3, 0.4) is 0 Å². The number of rotatable bonds is 4. The van der Waals surface area contributed by atoms with Crippen LogP contribution in [0, 0.1) is 5.92 Å². The number of fused-ring (bicyclic) bond motifs is 1. The van der Waals surface area contributed by atoms with Crippen LogP contribution in [0.1, 0.15) is 13.8 Å². The molecule has 0 bridgehead atoms. The van der Waals surface area contributed by atoms with Crippen molar-refractivity contribution in [1.29, 1.82) is 0 Å². The molecule has 9 heteroatoms. The predicted molar refractivity (Wildman–Crippen MR) is 89.4 cm³/mol. The lowest BCUT2D eigenvalue weighted by Gasteiger charge is -2.19. The average Bonchev–Trinajstić information content (AvgIpc) is 3.13. The first kappa shape index (κ1) is 17.6. The number of benzene rings is 1. The fourth-order valence-electron chi connectivity index (χ4n) is 3.04. The van der Waals surface area contributed by atoms with Crippen molar-refractivity contribution < 1.29 is 28.7 Å². The van der Waals surface area contributed by atoms with Crippen LogP contribution in [-0.4, -0.2) is 54.2 Å². The van der Waals surface area contributed by atoms with Gasteiger partial charge in [0.05, 0.1) is 19.4 Å². The standard InChI is InChI=1S/C17H17N3O6/c1-4-26-17(24)13-12-14(20(18-13)9(2)21)16(23)19(15(12)22)10-5-7-11(25-3)8-6-10/h5-8,12,14H,4H2,1-3H3/t12-,14-/m0/s1. The van der Waals surface area contributed by atoms with Gasteiger partial charge < -0.3 is 9.47 Å². The number of imide groups is 1. The molecule has 0 saturated carbocycles. The summed E-state index contributed by atoms with van der Waals surface area (Å²) in [4.78, 5) is 50.7. The minimum atomic E-state index is -1.18. The predicted octanol–water partition coefficient (Wildman–Crippen LogP) is 0.334. The van der Waals surface area contributed by atoms with E-state index in [0.29, 0.717) is 11.4 Å². The van der Waals surface area contributed by atoms with Crippen LogP contribution in [0.5, 0.6) is 5.75 Å². The van der Waals surface area contributed by atoms with E-state index >= 15 is 0 Å². The van der Waals surface area contributed by atoms with Crippen molar-refractivity contribution in [3.8, 4) is 5.75 Å². The van der Waals surface area contributed by atoms with Crippen molar-refractivity contribution in [2.45, 2.75) is 19.9 Å². The maximum absolute atomic E-state index is 12.9. The quantitative estimate of drug-likeness (QED) is 0.567. The van der Waals surface area contributed by atoms with Crippen LogP contribution in [0.25, 0.3) is 0 Å². The summed E-state index contributed by atoms with van der Waals surface area (Å²) in [7, 11) is 1.50. The van der Waals surface area contributed by atoms with Crippen molar-refractivity contribution in [1.82, 2.24) is 5.01 Å². The Morgan fingerprint density at radius 3 is 2.35 bits per heavy atom. The van der Waals surface area contributed by atoms with E-state index in [-0.39, 0.29) is 12.3 Å². The Balaban J connectivity index is 2.00. The molecule has 1 aromatic carbocycles. The number of nitrogens with zero attached hydrogens (tertiary/aromatic N) is 3. The third-order valence-electron chi connectivity index (χ3n) is 4.19. The number of hydrazone groups is 1. The second-order valence-electron chi connectivity index (χ2n) is 5.70. The Hall–Kier alpha value is -3.23. The average molecular weight is 359 g/mol. The highest BCUT2D eigenvalue weighted by molar-refractivity contribution is 6.47. The highest BCUT2D eigenvalue weighted by Gasteiger charge is 2.59. The number of ether oxygens (including phenoxy) is 2. The van der Waals surface area contributed by atoms with Crippen LogP contribution >= 0.6 is 0 Å². The Morgan fingerprint density at radius 1 is 1.15 bits per heavy atom. The van der Waals surface area contributed by atoms with E-state index in [1.807, 2.05) is 0 Å². The molecule has 0 radical (unpaired) electrons. The Labute approximate surface area is 149 Å². The van der Waals surface area contributed by atoms with Crippen LogP contribution in [-0.2, 0) is 23.9 Å². The van der Waals surface area contributed by atoms with Gasteiger partial charge in [-0.3, -0.25) is 14.4 Å². The topological polar surface area (TPSA) is 106 Å². The minimum absolute atomic E-state index is 0.0830. The number of anilines is 1. The third kappa shape index (κ3) is 2.61. The van der Waals surface area contributed by atoms with E-state index in [1.165, 1.54) is 14.0 Å². The summed E-state index contributed by atoms with van der Waals surface area (Å²) < 4.78 is 9.97. The van der Waals surface area contributed by atoms with Gasteiger partial charge in [-0.1, -0.05) is 0 Å². The van der Waals surface area contributed by atoms with Gasteiger partial charge in [-0.2, -0.15) is 5.10 Å². The minimum Gasteiger partial charge on any atom is -0.497 e. The zero-order valence-electron chi connectivity index (χ0n) is 14.5. The van der Waals surface area contributed by atoms with Crippen molar-refractivity contribution in [2.75, 3.05) is 18.6 Å². The molecule has 2 atom stereocenters. The summed E-state index contributed by atoms with van der Waals surface area (Å²) in [5.41, 5.74) is 0.0864. The van der Waals surface area contributed by atoms with E-state index in [9.17, 15) is 19.2 Å². The number of carbonyl (C=O) groups excluding carboxylic acids is 4. The maximum Gasteiger partial charge on any atom is 0.355 e. The van der Waals surface area contributed by atoms with Crippen molar-refractivity contribution in [3.63, 3.8) is 0 Å². The molecule has 0 aliphatic carbocycles. The van der Waals surface area contributed by atoms with Crippen molar-refractivity contribution in [3.05, 3.63) is 24.3 Å². The van der Waals surface area contributed by atoms with Crippen LogP contribution in [0.4, 0.5) is 5.69 Å². The van der Waals surface area contributed by atoms with E-state index in [2.05, 4.69) is 5.10 Å². The van der Waals surface area contributed by atoms with Gasteiger partial charge in [-0.05, 0) is 31.2 Å². The van der Waals surface area contributed by atoms with Gasteiger partial charge in [0, 0.05) is 6.92 Å². The number of amides is 3. The summed E-state index contributed by atoms with van der Waals surface area (Å²) in [5, 5.41) is 4.76. The molecule has 2 heterocycles. The van der Waals surface area contributed by atoms with Gasteiger partial charge in [0.2, 0.25) is 11.8 Å². The molecule has 3 amide bonds. The number of carbonyl (C=O) groups is 4. The van der Waals surface area contributed by atoms with E-state index in [4.69, 9.17) is 9.47 Å². The number of hydrogen-bond acceptors (Lipinski definition) is 7. The van der Waals surface area contributed by atoms with Crippen molar-refractivity contribution in [2.24, 2.45) is 11.0 Å². The van der Waals surface area contributed by atoms with Gasteiger partial charge in [-0.15, -0.1) is 0 Å². The van der Waals surface area contributed by atoms with Crippen LogP contribution < -0.4 is 9.64 Å². The second-order valence-corrected chi connectivity index (χ2v) is 5.70. The molecule has 0 N–H and O–H groups in total. The van der Waals surface area contributed by atoms with E-state index < -0.39 is 35.7 Å². The maximum atomic E-state index is 12.9. The van der Waals surface area contributed by atoms with Crippen LogP contribution in [0.2, 0.25) is 0 Å². The SMILES string of the molecule is CCOC(=O)C1=NN(C(C)=O)[C@@H]2C(=O)N(c3ccc(OC)cc3)C(=O)[C@@H]12. The number of esters is 1. The van der Waals surface area contributed by atoms with Gasteiger partial charge in [-0.25, -0.2) is 14.7 Å². The highest BCUT2D eigenvalue weighted by atomic mass is 16.5. The second kappa shape index (κ2) is 6.58. The molecule has 2 aliphatic rings. The van der Waals surface area contributed by atoms with Gasteiger partial charge in [0.1, 0.15) is 11.7 Å². The van der Waals surface area contributed by atoms with Crippen molar-refractivity contribution >= 4 is 35.1 Å². The lowest BCUT2D eigenvalue weighted by atomic mass is 9.98. The molecule has 9 nitrogen and oxygen atoms in total. The molecular weight excluding hydrogens is 342 g/mol. The van der Waals surface area contributed by atoms with Gasteiger partial charge >= 0.3 is 5.97 Å². The Kier molecular flexibility index (Phi) is 4.45. The smallest absolute Gasteiger partial charge is 0.355 e. The van der Waals surface area contributed by atoms with Gasteiger partial charge in [0.15, 0.2) is 11.8 Å². The number of hydrogen-bond donors (Lipinski definition) is 0. The first-order chi connectivity index (χ1) is 12.4. The fourth-order valence-corrected chi connectivity index (χ4v) is 3.04. The normalized spacial score (nSPS) is 21.6. The molecule has 1 fully saturated rings. The Morgan fingerprint density at radius 2 is 1.81 bits per heavy atom. The summed E-state index contributed by atoms with van der Waals surface area (Å²) in [5.74, 6) is -3.22. The number of methoxy groups -OCH3 is 1. The summed E-state index contributed by atoms with van der Waals surface area (Å²) >= 11 is 0. The molecule has 1 aromatic rings. The Bertz CT molecular complexity index is 816. The van der Waals surface area contributed by atoms with Crippen LogP contribution in [0.15, 0.2) is 29.4 Å². The first-order valence-electron chi connectivity index (χ1n) is 7.98. The molecule has 136 valence electrons. The zero-order chi connectivity index (χ0) is 19.0.